The molecule has 1 aromatic carbocycles. The van der Waals surface area contributed by atoms with E-state index in [0.29, 0.717) is 6.61 Å². The molecule has 0 aliphatic rings. The van der Waals surface area contributed by atoms with E-state index in [1.165, 1.54) is 6.07 Å². The average Bonchev–Trinajstić information content (AvgIpc) is 2.20. The van der Waals surface area contributed by atoms with Crippen molar-refractivity contribution >= 4 is 11.6 Å². The predicted molar refractivity (Wildman–Crippen MR) is 59.6 cm³/mol. The van der Waals surface area contributed by atoms with Gasteiger partial charge in [-0.25, -0.2) is 4.39 Å². The third kappa shape index (κ3) is 4.16. The first-order valence-corrected chi connectivity index (χ1v) is 5.21. The summed E-state index contributed by atoms with van der Waals surface area (Å²) >= 11 is 5.65. The van der Waals surface area contributed by atoms with Crippen LogP contribution in [0.15, 0.2) is 18.2 Å². The van der Waals surface area contributed by atoms with E-state index in [0.717, 1.165) is 12.1 Å². The van der Waals surface area contributed by atoms with Crippen LogP contribution >= 0.6 is 11.6 Å². The molecule has 1 unspecified atom stereocenters. The van der Waals surface area contributed by atoms with Crippen LogP contribution in [0.1, 0.15) is 12.5 Å². The zero-order valence-electron chi connectivity index (χ0n) is 8.89. The molecule has 0 spiro atoms. The fraction of sp³-hybridized carbons (Fsp3) is 0.455. The van der Waals surface area contributed by atoms with E-state index < -0.39 is 5.82 Å². The molecule has 0 aliphatic carbocycles. The van der Waals surface area contributed by atoms with Crippen molar-refractivity contribution < 1.29 is 9.13 Å². The quantitative estimate of drug-likeness (QED) is 0.841. The second-order valence-corrected chi connectivity index (χ2v) is 3.83. The Morgan fingerprint density at radius 2 is 2.27 bits per heavy atom. The van der Waals surface area contributed by atoms with Crippen molar-refractivity contribution in [3.05, 3.63) is 34.6 Å². The first kappa shape index (κ1) is 12.4. The summed E-state index contributed by atoms with van der Waals surface area (Å²) in [6.45, 7) is 3.21. The molecule has 1 rings (SSSR count). The van der Waals surface area contributed by atoms with Crippen molar-refractivity contribution in [2.45, 2.75) is 19.6 Å². The van der Waals surface area contributed by atoms with Crippen LogP contribution in [0.3, 0.4) is 0 Å². The standard InChI is InChI=1S/C11H15ClFNO/c1-8(6-14-2)15-7-9-3-4-11(13)10(12)5-9/h3-5,8,14H,6-7H2,1-2H3. The molecule has 0 heterocycles. The SMILES string of the molecule is CNCC(C)OCc1ccc(F)c(Cl)c1. The van der Waals surface area contributed by atoms with Gasteiger partial charge in [0, 0.05) is 6.54 Å². The van der Waals surface area contributed by atoms with Crippen molar-refractivity contribution in [2.75, 3.05) is 13.6 Å². The van der Waals surface area contributed by atoms with E-state index in [9.17, 15) is 4.39 Å². The largest absolute Gasteiger partial charge is 0.373 e. The van der Waals surface area contributed by atoms with Gasteiger partial charge in [-0.3, -0.25) is 0 Å². The Kier molecular flexibility index (Phi) is 5.02. The number of halogens is 2. The first-order chi connectivity index (χ1) is 7.13. The van der Waals surface area contributed by atoms with Gasteiger partial charge in [-0.15, -0.1) is 0 Å². The Balaban J connectivity index is 2.47. The maximum atomic E-state index is 12.8. The highest BCUT2D eigenvalue weighted by Crippen LogP contribution is 2.16. The molecule has 0 fully saturated rings. The second kappa shape index (κ2) is 6.05. The number of rotatable bonds is 5. The minimum absolute atomic E-state index is 0.124. The highest BCUT2D eigenvalue weighted by Gasteiger charge is 2.03. The van der Waals surface area contributed by atoms with Crippen LogP contribution in [0, 0.1) is 5.82 Å². The van der Waals surface area contributed by atoms with Crippen LogP contribution in [0.5, 0.6) is 0 Å². The molecule has 0 bridgehead atoms. The van der Waals surface area contributed by atoms with Crippen LogP contribution in [0.2, 0.25) is 5.02 Å². The number of hydrogen-bond donors (Lipinski definition) is 1. The minimum atomic E-state index is -0.399. The molecular formula is C11H15ClFNO. The Morgan fingerprint density at radius 1 is 1.53 bits per heavy atom. The first-order valence-electron chi connectivity index (χ1n) is 4.83. The Hall–Kier alpha value is -0.640. The minimum Gasteiger partial charge on any atom is -0.373 e. The van der Waals surface area contributed by atoms with Gasteiger partial charge in [0.1, 0.15) is 5.82 Å². The van der Waals surface area contributed by atoms with Crippen LogP contribution in [0.4, 0.5) is 4.39 Å². The monoisotopic (exact) mass is 231 g/mol. The molecule has 0 saturated heterocycles. The van der Waals surface area contributed by atoms with Crippen molar-refractivity contribution in [1.82, 2.24) is 5.32 Å². The van der Waals surface area contributed by atoms with Gasteiger partial charge in [-0.05, 0) is 31.7 Å². The number of benzene rings is 1. The van der Waals surface area contributed by atoms with E-state index in [1.807, 2.05) is 14.0 Å². The smallest absolute Gasteiger partial charge is 0.141 e. The Morgan fingerprint density at radius 3 is 2.87 bits per heavy atom. The third-order valence-corrected chi connectivity index (χ3v) is 2.30. The van der Waals surface area contributed by atoms with Gasteiger partial charge in [0.25, 0.3) is 0 Å². The molecular weight excluding hydrogens is 217 g/mol. The van der Waals surface area contributed by atoms with E-state index in [1.54, 1.807) is 12.1 Å². The number of ether oxygens (including phenoxy) is 1. The molecule has 4 heteroatoms. The lowest BCUT2D eigenvalue weighted by Crippen LogP contribution is -2.23. The summed E-state index contributed by atoms with van der Waals surface area (Å²) in [7, 11) is 1.87. The molecule has 0 aromatic heterocycles. The van der Waals surface area contributed by atoms with Gasteiger partial charge in [-0.1, -0.05) is 17.7 Å². The van der Waals surface area contributed by atoms with Crippen molar-refractivity contribution in [3.63, 3.8) is 0 Å². The Bertz CT molecular complexity index is 319. The topological polar surface area (TPSA) is 21.3 Å². The molecule has 0 saturated carbocycles. The van der Waals surface area contributed by atoms with Crippen LogP contribution in [-0.2, 0) is 11.3 Å². The van der Waals surface area contributed by atoms with Crippen LogP contribution in [-0.4, -0.2) is 19.7 Å². The van der Waals surface area contributed by atoms with E-state index in [4.69, 9.17) is 16.3 Å². The average molecular weight is 232 g/mol. The molecule has 84 valence electrons. The summed E-state index contributed by atoms with van der Waals surface area (Å²) in [6, 6.07) is 4.61. The molecule has 2 nitrogen and oxygen atoms in total. The summed E-state index contributed by atoms with van der Waals surface area (Å²) in [5.74, 6) is -0.399. The van der Waals surface area contributed by atoms with Gasteiger partial charge in [0.15, 0.2) is 0 Å². The number of likely N-dealkylation sites (N-methyl/N-ethyl adjacent to an activating group) is 1. The van der Waals surface area contributed by atoms with Gasteiger partial charge in [0.2, 0.25) is 0 Å². The molecule has 0 aliphatic heterocycles. The van der Waals surface area contributed by atoms with Crippen LogP contribution in [0.25, 0.3) is 0 Å². The molecule has 0 radical (unpaired) electrons. The lowest BCUT2D eigenvalue weighted by atomic mass is 10.2. The molecule has 1 aromatic rings. The van der Waals surface area contributed by atoms with E-state index >= 15 is 0 Å². The maximum Gasteiger partial charge on any atom is 0.141 e. The van der Waals surface area contributed by atoms with Crippen LogP contribution < -0.4 is 5.32 Å². The Labute approximate surface area is 94.4 Å². The highest BCUT2D eigenvalue weighted by molar-refractivity contribution is 6.30. The fourth-order valence-corrected chi connectivity index (χ4v) is 1.42. The van der Waals surface area contributed by atoms with Gasteiger partial charge >= 0.3 is 0 Å². The van der Waals surface area contributed by atoms with Gasteiger partial charge in [0.05, 0.1) is 17.7 Å². The third-order valence-electron chi connectivity index (χ3n) is 2.01. The predicted octanol–water partition coefficient (Wildman–Crippen LogP) is 2.60. The summed E-state index contributed by atoms with van der Waals surface area (Å²) < 4.78 is 18.4. The van der Waals surface area contributed by atoms with Gasteiger partial charge < -0.3 is 10.1 Å². The zero-order chi connectivity index (χ0) is 11.3. The highest BCUT2D eigenvalue weighted by atomic mass is 35.5. The molecule has 0 amide bonds. The molecule has 1 atom stereocenters. The summed E-state index contributed by atoms with van der Waals surface area (Å²) in [5, 5.41) is 3.15. The van der Waals surface area contributed by atoms with E-state index in [2.05, 4.69) is 5.32 Å². The van der Waals surface area contributed by atoms with E-state index in [-0.39, 0.29) is 11.1 Å². The normalized spacial score (nSPS) is 12.8. The number of hydrogen-bond acceptors (Lipinski definition) is 2. The number of nitrogens with one attached hydrogen (secondary N) is 1. The summed E-state index contributed by atoms with van der Waals surface area (Å²) in [6.07, 6.45) is 0.124. The summed E-state index contributed by atoms with van der Waals surface area (Å²) in [5.41, 5.74) is 0.879. The van der Waals surface area contributed by atoms with Gasteiger partial charge in [-0.2, -0.15) is 0 Å². The summed E-state index contributed by atoms with van der Waals surface area (Å²) in [4.78, 5) is 0. The molecule has 1 N–H and O–H groups in total. The van der Waals surface area contributed by atoms with Crippen molar-refractivity contribution in [1.29, 1.82) is 0 Å². The lowest BCUT2D eigenvalue weighted by Gasteiger charge is -2.12. The fourth-order valence-electron chi connectivity index (χ4n) is 1.21. The van der Waals surface area contributed by atoms with Crippen molar-refractivity contribution in [2.24, 2.45) is 0 Å². The van der Waals surface area contributed by atoms with Crippen molar-refractivity contribution in [3.8, 4) is 0 Å². The second-order valence-electron chi connectivity index (χ2n) is 3.43. The zero-order valence-corrected chi connectivity index (χ0v) is 9.64. The molecule has 15 heavy (non-hydrogen) atoms. The lowest BCUT2D eigenvalue weighted by molar-refractivity contribution is 0.0545. The maximum absolute atomic E-state index is 12.8.